The van der Waals surface area contributed by atoms with Gasteiger partial charge in [0.25, 0.3) is 0 Å². The average molecular weight is 408 g/mol. The molecule has 158 valence electrons. The Morgan fingerprint density at radius 1 is 1.10 bits per heavy atom. The molecule has 0 spiro atoms. The van der Waals surface area contributed by atoms with Crippen LogP contribution in [-0.4, -0.2) is 35.7 Å². The van der Waals surface area contributed by atoms with Crippen molar-refractivity contribution in [1.82, 2.24) is 14.9 Å². The molecule has 0 aliphatic rings. The van der Waals surface area contributed by atoms with E-state index in [-0.39, 0.29) is 5.91 Å². The number of aromatic nitrogens is 2. The van der Waals surface area contributed by atoms with Crippen molar-refractivity contribution in [2.75, 3.05) is 20.3 Å². The maximum atomic E-state index is 11.2. The molecule has 30 heavy (non-hydrogen) atoms. The predicted octanol–water partition coefficient (Wildman–Crippen LogP) is 4.14. The second-order valence-corrected chi connectivity index (χ2v) is 7.00. The molecule has 0 atom stereocenters. The summed E-state index contributed by atoms with van der Waals surface area (Å²) < 4.78 is 13.4. The van der Waals surface area contributed by atoms with Crippen LogP contribution in [0.1, 0.15) is 25.1 Å². The lowest BCUT2D eigenvalue weighted by atomic mass is 10.2. The van der Waals surface area contributed by atoms with E-state index in [1.54, 1.807) is 7.11 Å². The molecule has 0 aliphatic carbocycles. The van der Waals surface area contributed by atoms with E-state index in [0.717, 1.165) is 60.6 Å². The van der Waals surface area contributed by atoms with Gasteiger partial charge in [0, 0.05) is 13.0 Å². The second-order valence-electron chi connectivity index (χ2n) is 7.00. The van der Waals surface area contributed by atoms with Crippen molar-refractivity contribution in [1.29, 1.82) is 0 Å². The SMILES string of the molecule is C=CC(=O)NCCCCCc1nc2ccccc2n1CCOc1ccc(OC)cc1. The van der Waals surface area contributed by atoms with Gasteiger partial charge in [0.15, 0.2) is 0 Å². The van der Waals surface area contributed by atoms with E-state index in [0.29, 0.717) is 13.2 Å². The van der Waals surface area contributed by atoms with Gasteiger partial charge in [-0.15, -0.1) is 0 Å². The number of carbonyl (C=O) groups is 1. The lowest BCUT2D eigenvalue weighted by Gasteiger charge is -2.11. The molecule has 6 nitrogen and oxygen atoms in total. The molecule has 0 saturated heterocycles. The molecule has 1 amide bonds. The Hall–Kier alpha value is -3.28. The summed E-state index contributed by atoms with van der Waals surface area (Å²) in [6.45, 7) is 5.43. The van der Waals surface area contributed by atoms with Crippen LogP contribution in [0.2, 0.25) is 0 Å². The molecule has 3 aromatic rings. The first-order valence-corrected chi connectivity index (χ1v) is 10.3. The van der Waals surface area contributed by atoms with E-state index in [9.17, 15) is 4.79 Å². The Kier molecular flexibility index (Phi) is 7.89. The Bertz CT molecular complexity index is 963. The van der Waals surface area contributed by atoms with Crippen LogP contribution < -0.4 is 14.8 Å². The van der Waals surface area contributed by atoms with Gasteiger partial charge < -0.3 is 19.4 Å². The standard InChI is InChI=1S/C24H29N3O3/c1-3-24(28)25-16-8-4-5-11-23-26-21-9-6-7-10-22(21)27(23)17-18-30-20-14-12-19(29-2)13-15-20/h3,6-7,9-10,12-15H,1,4-5,8,11,16-18H2,2H3,(H,25,28). The van der Waals surface area contributed by atoms with Gasteiger partial charge in [0.1, 0.15) is 23.9 Å². The summed E-state index contributed by atoms with van der Waals surface area (Å²) >= 11 is 0. The highest BCUT2D eigenvalue weighted by molar-refractivity contribution is 5.86. The zero-order valence-electron chi connectivity index (χ0n) is 17.5. The number of benzene rings is 2. The van der Waals surface area contributed by atoms with E-state index in [2.05, 4.69) is 22.5 Å². The van der Waals surface area contributed by atoms with Crippen LogP contribution >= 0.6 is 0 Å². The highest BCUT2D eigenvalue weighted by atomic mass is 16.5. The number of ether oxygens (including phenoxy) is 2. The number of nitrogens with one attached hydrogen (secondary N) is 1. The topological polar surface area (TPSA) is 65.4 Å². The minimum atomic E-state index is -0.117. The Labute approximate surface area is 177 Å². The van der Waals surface area contributed by atoms with E-state index < -0.39 is 0 Å². The molecular formula is C24H29N3O3. The lowest BCUT2D eigenvalue weighted by molar-refractivity contribution is -0.116. The second kappa shape index (κ2) is 11.0. The smallest absolute Gasteiger partial charge is 0.243 e. The number of fused-ring (bicyclic) bond motifs is 1. The fourth-order valence-corrected chi connectivity index (χ4v) is 3.36. The highest BCUT2D eigenvalue weighted by Gasteiger charge is 2.10. The van der Waals surface area contributed by atoms with E-state index in [1.807, 2.05) is 42.5 Å². The third-order valence-corrected chi connectivity index (χ3v) is 4.94. The number of amides is 1. The van der Waals surface area contributed by atoms with E-state index in [4.69, 9.17) is 14.5 Å². The largest absolute Gasteiger partial charge is 0.497 e. The number of unbranched alkanes of at least 4 members (excludes halogenated alkanes) is 2. The minimum Gasteiger partial charge on any atom is -0.497 e. The van der Waals surface area contributed by atoms with Crippen LogP contribution in [0, 0.1) is 0 Å². The van der Waals surface area contributed by atoms with Gasteiger partial charge in [0.2, 0.25) is 5.91 Å². The van der Waals surface area contributed by atoms with Crippen molar-refractivity contribution in [3.8, 4) is 11.5 Å². The van der Waals surface area contributed by atoms with Crippen LogP contribution in [0.4, 0.5) is 0 Å². The number of imidazole rings is 1. The van der Waals surface area contributed by atoms with Gasteiger partial charge in [0.05, 0.1) is 24.7 Å². The van der Waals surface area contributed by atoms with Crippen molar-refractivity contribution in [2.24, 2.45) is 0 Å². The molecule has 3 rings (SSSR count). The molecule has 0 unspecified atom stereocenters. The van der Waals surface area contributed by atoms with Gasteiger partial charge >= 0.3 is 0 Å². The molecule has 1 heterocycles. The van der Waals surface area contributed by atoms with E-state index >= 15 is 0 Å². The van der Waals surface area contributed by atoms with Gasteiger partial charge in [-0.3, -0.25) is 4.79 Å². The zero-order valence-corrected chi connectivity index (χ0v) is 17.5. The molecule has 1 aromatic heterocycles. The molecular weight excluding hydrogens is 378 g/mol. The molecule has 1 N–H and O–H groups in total. The maximum Gasteiger partial charge on any atom is 0.243 e. The summed E-state index contributed by atoms with van der Waals surface area (Å²) in [5.74, 6) is 2.59. The molecule has 0 saturated carbocycles. The van der Waals surface area contributed by atoms with Crippen molar-refractivity contribution in [2.45, 2.75) is 32.2 Å². The summed E-state index contributed by atoms with van der Waals surface area (Å²) in [6, 6.07) is 15.8. The summed E-state index contributed by atoms with van der Waals surface area (Å²) in [6.07, 6.45) is 5.19. The van der Waals surface area contributed by atoms with Crippen molar-refractivity contribution in [3.05, 3.63) is 67.0 Å². The normalized spacial score (nSPS) is 10.7. The van der Waals surface area contributed by atoms with Crippen LogP contribution in [0.25, 0.3) is 11.0 Å². The van der Waals surface area contributed by atoms with Crippen LogP contribution in [0.15, 0.2) is 61.2 Å². The summed E-state index contributed by atoms with van der Waals surface area (Å²) in [7, 11) is 1.65. The lowest BCUT2D eigenvalue weighted by Crippen LogP contribution is -2.21. The number of nitrogens with zero attached hydrogens (tertiary/aromatic N) is 2. The average Bonchev–Trinajstić information content (AvgIpc) is 3.13. The molecule has 0 aliphatic heterocycles. The summed E-state index contributed by atoms with van der Waals surface area (Å²) in [5, 5.41) is 2.81. The summed E-state index contributed by atoms with van der Waals surface area (Å²) in [4.78, 5) is 16.0. The van der Waals surface area contributed by atoms with Crippen LogP contribution in [0.3, 0.4) is 0 Å². The number of carbonyl (C=O) groups excluding carboxylic acids is 1. The van der Waals surface area contributed by atoms with Crippen molar-refractivity contribution >= 4 is 16.9 Å². The van der Waals surface area contributed by atoms with Gasteiger partial charge in [-0.05, 0) is 55.3 Å². The minimum absolute atomic E-state index is 0.117. The number of rotatable bonds is 12. The number of methoxy groups -OCH3 is 1. The van der Waals surface area contributed by atoms with Crippen molar-refractivity contribution < 1.29 is 14.3 Å². The summed E-state index contributed by atoms with van der Waals surface area (Å²) in [5.41, 5.74) is 2.14. The fraction of sp³-hybridized carbons (Fsp3) is 0.333. The first-order valence-electron chi connectivity index (χ1n) is 10.3. The molecule has 6 heteroatoms. The first kappa shape index (κ1) is 21.4. The van der Waals surface area contributed by atoms with E-state index in [1.165, 1.54) is 6.08 Å². The third-order valence-electron chi connectivity index (χ3n) is 4.94. The third kappa shape index (κ3) is 5.86. The fourth-order valence-electron chi connectivity index (χ4n) is 3.36. The van der Waals surface area contributed by atoms with Gasteiger partial charge in [-0.25, -0.2) is 4.98 Å². The first-order chi connectivity index (χ1) is 14.7. The van der Waals surface area contributed by atoms with Crippen molar-refractivity contribution in [3.63, 3.8) is 0 Å². The molecule has 0 bridgehead atoms. The molecule has 0 fully saturated rings. The van der Waals surface area contributed by atoms with Crippen LogP contribution in [0.5, 0.6) is 11.5 Å². The number of hydrogen-bond donors (Lipinski definition) is 1. The molecule has 0 radical (unpaired) electrons. The quantitative estimate of drug-likeness (QED) is 0.362. The molecule has 2 aromatic carbocycles. The van der Waals surface area contributed by atoms with Gasteiger partial charge in [-0.2, -0.15) is 0 Å². The maximum absolute atomic E-state index is 11.2. The number of para-hydroxylation sites is 2. The Balaban J connectivity index is 1.55. The van der Waals surface area contributed by atoms with Crippen LogP contribution in [-0.2, 0) is 17.8 Å². The predicted molar refractivity (Wildman–Crippen MR) is 119 cm³/mol. The number of hydrogen-bond acceptors (Lipinski definition) is 4. The Morgan fingerprint density at radius 2 is 1.87 bits per heavy atom. The monoisotopic (exact) mass is 407 g/mol. The zero-order chi connectivity index (χ0) is 21.2. The number of aryl methyl sites for hydroxylation is 1. The van der Waals surface area contributed by atoms with Gasteiger partial charge in [-0.1, -0.05) is 25.1 Å². The Morgan fingerprint density at radius 3 is 2.63 bits per heavy atom. The highest BCUT2D eigenvalue weighted by Crippen LogP contribution is 2.20.